The van der Waals surface area contributed by atoms with Gasteiger partial charge in [-0.2, -0.15) is 0 Å². The molecule has 0 amide bonds. The minimum Gasteiger partial charge on any atom is -0.298 e. The number of piperidine rings is 1. The summed E-state index contributed by atoms with van der Waals surface area (Å²) in [5.74, 6) is 3.03. The lowest BCUT2D eigenvalue weighted by molar-refractivity contribution is 0.0833. The number of benzene rings is 1. The van der Waals surface area contributed by atoms with Crippen LogP contribution in [0.25, 0.3) is 0 Å². The number of rotatable bonds is 9. The van der Waals surface area contributed by atoms with Crippen LogP contribution in [0.1, 0.15) is 122 Å². The van der Waals surface area contributed by atoms with Gasteiger partial charge in [0, 0.05) is 51.0 Å². The fraction of sp³-hybridized carbons (Fsp3) is 0.694. The Hall–Kier alpha value is -1.75. The molecule has 3 heterocycles. The minimum absolute atomic E-state index is 0.531. The number of pyridine rings is 1. The van der Waals surface area contributed by atoms with Crippen LogP contribution in [0.3, 0.4) is 0 Å². The Morgan fingerprint density at radius 3 is 1.88 bits per heavy atom. The summed E-state index contributed by atoms with van der Waals surface area (Å²) < 4.78 is 0. The van der Waals surface area contributed by atoms with Gasteiger partial charge in [-0.15, -0.1) is 0 Å². The number of likely N-dealkylation sites (tertiary alicyclic amines) is 1. The van der Waals surface area contributed by atoms with E-state index in [2.05, 4.69) is 118 Å². The molecule has 0 bridgehead atoms. The zero-order valence-corrected chi connectivity index (χ0v) is 27.4. The summed E-state index contributed by atoms with van der Waals surface area (Å²) >= 11 is 0. The van der Waals surface area contributed by atoms with E-state index in [1.165, 1.54) is 80.9 Å². The largest absolute Gasteiger partial charge is 0.298 e. The Morgan fingerprint density at radius 2 is 1.30 bits per heavy atom. The summed E-state index contributed by atoms with van der Waals surface area (Å²) in [7, 11) is 0. The lowest BCUT2D eigenvalue weighted by atomic mass is 9.84. The van der Waals surface area contributed by atoms with Crippen molar-refractivity contribution in [1.29, 1.82) is 0 Å². The van der Waals surface area contributed by atoms with E-state index in [0.29, 0.717) is 23.9 Å². The van der Waals surface area contributed by atoms with Gasteiger partial charge in [-0.3, -0.25) is 19.7 Å². The number of nitrogens with zero attached hydrogens (tertiary/aromatic N) is 4. The highest BCUT2D eigenvalue weighted by atomic mass is 15.3. The fourth-order valence-corrected chi connectivity index (χ4v) is 6.21. The zero-order valence-electron chi connectivity index (χ0n) is 27.4. The van der Waals surface area contributed by atoms with Crippen molar-refractivity contribution in [2.45, 2.75) is 112 Å². The molecule has 4 rings (SSSR count). The fourth-order valence-electron chi connectivity index (χ4n) is 6.21. The quantitative estimate of drug-likeness (QED) is 0.314. The molecule has 0 N–H and O–H groups in total. The van der Waals surface area contributed by atoms with Gasteiger partial charge in [-0.25, -0.2) is 0 Å². The number of aromatic nitrogens is 1. The van der Waals surface area contributed by atoms with Crippen molar-refractivity contribution in [3.05, 3.63) is 65.0 Å². The molecule has 1 unspecified atom stereocenters. The highest BCUT2D eigenvalue weighted by molar-refractivity contribution is 5.28. The number of piperazine rings is 1. The molecular formula is C36H60N4. The molecule has 2 aromatic rings. The van der Waals surface area contributed by atoms with E-state index in [0.717, 1.165) is 18.4 Å². The smallest absolute Gasteiger partial charge is 0.0546 e. The Balaban J connectivity index is 0.000000220. The maximum atomic E-state index is 4.54. The van der Waals surface area contributed by atoms with Crippen molar-refractivity contribution < 1.29 is 0 Å². The first-order valence-corrected chi connectivity index (χ1v) is 16.3. The Kier molecular flexibility index (Phi) is 13.1. The summed E-state index contributed by atoms with van der Waals surface area (Å²) in [5, 5.41) is 0. The molecule has 4 nitrogen and oxygen atoms in total. The first-order chi connectivity index (χ1) is 19.1. The molecule has 1 aromatic carbocycles. The van der Waals surface area contributed by atoms with Crippen LogP contribution < -0.4 is 0 Å². The lowest BCUT2D eigenvalue weighted by Crippen LogP contribution is -2.49. The Bertz CT molecular complexity index is 984. The summed E-state index contributed by atoms with van der Waals surface area (Å²) in [4.78, 5) is 12.3. The second-order valence-corrected chi connectivity index (χ2v) is 13.4. The first-order valence-electron chi connectivity index (χ1n) is 16.3. The van der Waals surface area contributed by atoms with Crippen LogP contribution in [0.15, 0.2) is 42.6 Å². The maximum absolute atomic E-state index is 4.54. The summed E-state index contributed by atoms with van der Waals surface area (Å²) in [6.45, 7) is 29.0. The summed E-state index contributed by atoms with van der Waals surface area (Å²) in [5.41, 5.74) is 5.56. The van der Waals surface area contributed by atoms with Gasteiger partial charge in [-0.1, -0.05) is 72.2 Å². The third-order valence-electron chi connectivity index (χ3n) is 9.66. The van der Waals surface area contributed by atoms with Gasteiger partial charge in [0.1, 0.15) is 0 Å². The van der Waals surface area contributed by atoms with Crippen LogP contribution in [-0.4, -0.2) is 65.0 Å². The topological polar surface area (TPSA) is 22.6 Å². The van der Waals surface area contributed by atoms with Crippen LogP contribution >= 0.6 is 0 Å². The van der Waals surface area contributed by atoms with E-state index in [9.17, 15) is 0 Å². The van der Waals surface area contributed by atoms with Gasteiger partial charge in [-0.05, 0) is 99.2 Å². The molecule has 0 aliphatic carbocycles. The normalized spacial score (nSPS) is 19.6. The van der Waals surface area contributed by atoms with Crippen molar-refractivity contribution in [2.24, 2.45) is 11.8 Å². The van der Waals surface area contributed by atoms with Crippen LogP contribution in [0.2, 0.25) is 0 Å². The highest BCUT2D eigenvalue weighted by Gasteiger charge is 2.24. The zero-order chi connectivity index (χ0) is 29.2. The molecular weight excluding hydrogens is 488 g/mol. The van der Waals surface area contributed by atoms with E-state index < -0.39 is 0 Å². The average molecular weight is 549 g/mol. The van der Waals surface area contributed by atoms with Crippen LogP contribution in [-0.2, 0) is 6.54 Å². The van der Waals surface area contributed by atoms with Crippen LogP contribution in [0, 0.1) is 11.8 Å². The van der Waals surface area contributed by atoms with Gasteiger partial charge in [0.2, 0.25) is 0 Å². The molecule has 2 saturated heterocycles. The molecule has 0 spiro atoms. The molecule has 0 radical (unpaired) electrons. The molecule has 2 aliphatic heterocycles. The molecule has 1 aromatic heterocycles. The molecule has 224 valence electrons. The van der Waals surface area contributed by atoms with E-state index >= 15 is 0 Å². The van der Waals surface area contributed by atoms with Gasteiger partial charge in [0.05, 0.1) is 5.69 Å². The van der Waals surface area contributed by atoms with Crippen molar-refractivity contribution in [1.82, 2.24) is 19.7 Å². The average Bonchev–Trinajstić information content (AvgIpc) is 2.97. The molecule has 2 aliphatic rings. The predicted molar refractivity (Wildman–Crippen MR) is 173 cm³/mol. The van der Waals surface area contributed by atoms with Crippen molar-refractivity contribution in [3.63, 3.8) is 0 Å². The predicted octanol–water partition coefficient (Wildman–Crippen LogP) is 8.36. The molecule has 2 fully saturated rings. The van der Waals surface area contributed by atoms with Crippen molar-refractivity contribution in [2.75, 3.05) is 39.3 Å². The number of hydrogen-bond acceptors (Lipinski definition) is 4. The van der Waals surface area contributed by atoms with E-state index in [-0.39, 0.29) is 0 Å². The lowest BCUT2D eigenvalue weighted by Gasteiger charge is -2.40. The Labute approximate surface area is 247 Å². The first kappa shape index (κ1) is 32.8. The molecule has 4 heteroatoms. The molecule has 2 atom stereocenters. The molecule has 40 heavy (non-hydrogen) atoms. The summed E-state index contributed by atoms with van der Waals surface area (Å²) in [6, 6.07) is 14.8. The SMILES string of the molecule is CC(C)c1cccc([C@@H](C)N2CCN(C(C)C)CC2)c1.CCC(C)C1CCN(Cc2cc(C(C)C)ccn2)CC1. The number of hydrogen-bond donors (Lipinski definition) is 0. The Morgan fingerprint density at radius 1 is 0.725 bits per heavy atom. The standard InChI is InChI=1S/2C18H30N2/c1-14(2)17-7-6-8-18(13-17)16(5)20-11-9-19(10-12-20)15(3)4;1-5-15(4)16-7-10-20(11-8-16)13-18-12-17(14(2)3)6-9-19-18/h6-8,13-16H,9-12H2,1-5H3;6,9,12,14-16H,5,7-8,10-11,13H2,1-4H3/t16-;/m1./s1. The minimum atomic E-state index is 0.531. The third kappa shape index (κ3) is 9.67. The van der Waals surface area contributed by atoms with Gasteiger partial charge < -0.3 is 0 Å². The van der Waals surface area contributed by atoms with Gasteiger partial charge >= 0.3 is 0 Å². The van der Waals surface area contributed by atoms with E-state index in [1.54, 1.807) is 0 Å². The van der Waals surface area contributed by atoms with Crippen LogP contribution in [0.5, 0.6) is 0 Å². The van der Waals surface area contributed by atoms with E-state index in [1.807, 2.05) is 6.20 Å². The van der Waals surface area contributed by atoms with Crippen LogP contribution in [0.4, 0.5) is 0 Å². The second-order valence-electron chi connectivity index (χ2n) is 13.4. The summed E-state index contributed by atoms with van der Waals surface area (Å²) in [6.07, 6.45) is 6.01. The molecule has 0 saturated carbocycles. The second kappa shape index (κ2) is 16.0. The third-order valence-corrected chi connectivity index (χ3v) is 9.66. The van der Waals surface area contributed by atoms with Crippen molar-refractivity contribution in [3.8, 4) is 0 Å². The van der Waals surface area contributed by atoms with Gasteiger partial charge in [0.25, 0.3) is 0 Å². The van der Waals surface area contributed by atoms with E-state index in [4.69, 9.17) is 0 Å². The monoisotopic (exact) mass is 548 g/mol. The maximum Gasteiger partial charge on any atom is 0.0546 e. The van der Waals surface area contributed by atoms with Gasteiger partial charge in [0.15, 0.2) is 0 Å². The highest BCUT2D eigenvalue weighted by Crippen LogP contribution is 2.28. The van der Waals surface area contributed by atoms with Crippen molar-refractivity contribution >= 4 is 0 Å².